The van der Waals surface area contributed by atoms with Crippen molar-refractivity contribution in [3.8, 4) is 0 Å². The van der Waals surface area contributed by atoms with Crippen LogP contribution in [0.4, 0.5) is 0 Å². The van der Waals surface area contributed by atoms with Crippen molar-refractivity contribution in [1.29, 1.82) is 0 Å². The molecule has 30 heavy (non-hydrogen) atoms. The van der Waals surface area contributed by atoms with Crippen LogP contribution in [0, 0.1) is 6.92 Å². The number of nitrogens with zero attached hydrogens (tertiary/aromatic N) is 1. The first-order valence-electron chi connectivity index (χ1n) is 9.72. The molecule has 0 amide bonds. The van der Waals surface area contributed by atoms with Gasteiger partial charge in [-0.15, -0.1) is 11.3 Å². The van der Waals surface area contributed by atoms with Crippen molar-refractivity contribution in [3.63, 3.8) is 0 Å². The first-order chi connectivity index (χ1) is 14.4. The van der Waals surface area contributed by atoms with Crippen LogP contribution in [-0.4, -0.2) is 63.5 Å². The fourth-order valence-corrected chi connectivity index (χ4v) is 4.89. The van der Waals surface area contributed by atoms with Gasteiger partial charge < -0.3 is 29.9 Å². The molecule has 0 saturated carbocycles. The van der Waals surface area contributed by atoms with E-state index in [9.17, 15) is 20.4 Å². The highest BCUT2D eigenvalue weighted by Gasteiger charge is 2.55. The van der Waals surface area contributed by atoms with Crippen LogP contribution < -0.4 is 0 Å². The fourth-order valence-electron chi connectivity index (χ4n) is 3.90. The number of aliphatic hydroxyl groups is 4. The summed E-state index contributed by atoms with van der Waals surface area (Å²) in [6.45, 7) is 1.46. The average molecular weight is 432 g/mol. The lowest BCUT2D eigenvalue weighted by Gasteiger charge is -2.47. The number of thiazole rings is 1. The topological polar surface area (TPSA) is 112 Å². The Labute approximate surface area is 178 Å². The van der Waals surface area contributed by atoms with Crippen LogP contribution in [0.25, 0.3) is 10.2 Å². The second-order valence-electron chi connectivity index (χ2n) is 7.53. The van der Waals surface area contributed by atoms with Gasteiger partial charge in [0.25, 0.3) is 0 Å². The van der Waals surface area contributed by atoms with E-state index >= 15 is 0 Å². The summed E-state index contributed by atoms with van der Waals surface area (Å²) >= 11 is 1.62. The number of aliphatic hydroxyl groups excluding tert-OH is 4. The Morgan fingerprint density at radius 3 is 2.60 bits per heavy atom. The third-order valence-corrected chi connectivity index (χ3v) is 6.72. The predicted octanol–water partition coefficient (Wildman–Crippen LogP) is 1.47. The Hall–Kier alpha value is -1.91. The van der Waals surface area contributed by atoms with Gasteiger partial charge in [-0.2, -0.15) is 0 Å². The summed E-state index contributed by atoms with van der Waals surface area (Å²) in [5.74, 6) is -1.72. The molecule has 1 aliphatic heterocycles. The SMILES string of the molecule is COC1(c2ccc(C)c(Cc3nc4ccccc4s3)c2)O[C@H](CO)[C@@H](O)[C@H](O)[C@H]1O. The molecule has 0 aliphatic carbocycles. The van der Waals surface area contributed by atoms with E-state index in [4.69, 9.17) is 14.5 Å². The maximum absolute atomic E-state index is 10.7. The van der Waals surface area contributed by atoms with Crippen LogP contribution in [0.3, 0.4) is 0 Å². The number of ether oxygens (including phenoxy) is 2. The molecule has 3 aromatic rings. The zero-order chi connectivity index (χ0) is 21.5. The Bertz CT molecular complexity index is 1000. The van der Waals surface area contributed by atoms with Crippen LogP contribution in [0.1, 0.15) is 21.7 Å². The van der Waals surface area contributed by atoms with E-state index in [2.05, 4.69) is 0 Å². The molecule has 7 nitrogen and oxygen atoms in total. The van der Waals surface area contributed by atoms with Gasteiger partial charge >= 0.3 is 0 Å². The van der Waals surface area contributed by atoms with Gasteiger partial charge in [-0.05, 0) is 36.2 Å². The Kier molecular flexibility index (Phi) is 5.91. The number of aryl methyl sites for hydroxylation is 1. The molecule has 1 fully saturated rings. The summed E-state index contributed by atoms with van der Waals surface area (Å²) in [4.78, 5) is 4.69. The smallest absolute Gasteiger partial charge is 0.224 e. The molecule has 4 N–H and O–H groups in total. The van der Waals surface area contributed by atoms with E-state index in [1.807, 2.05) is 43.3 Å². The summed E-state index contributed by atoms with van der Waals surface area (Å²) in [7, 11) is 1.36. The Morgan fingerprint density at radius 1 is 1.13 bits per heavy atom. The normalized spacial score (nSPS) is 29.4. The number of benzene rings is 2. The summed E-state index contributed by atoms with van der Waals surface area (Å²) in [6, 6.07) is 13.5. The molecule has 1 saturated heterocycles. The fraction of sp³-hybridized carbons (Fsp3) is 0.409. The highest BCUT2D eigenvalue weighted by atomic mass is 32.1. The minimum atomic E-state index is -1.72. The van der Waals surface area contributed by atoms with E-state index in [-0.39, 0.29) is 0 Å². The number of fused-ring (bicyclic) bond motifs is 1. The van der Waals surface area contributed by atoms with E-state index < -0.39 is 36.8 Å². The molecule has 2 heterocycles. The number of hydrogen-bond acceptors (Lipinski definition) is 8. The standard InChI is InChI=1S/C22H25NO6S/c1-12-7-8-14(22(28-2)21(27)20(26)19(25)16(11-24)29-22)9-13(12)10-18-23-15-5-3-4-6-17(15)30-18/h3-9,16,19-21,24-27H,10-11H2,1-2H3/t16-,19-,20+,21-,22?/m1/s1. The minimum Gasteiger partial charge on any atom is -0.394 e. The second kappa shape index (κ2) is 8.32. The maximum atomic E-state index is 10.7. The molecule has 5 atom stereocenters. The molecular weight excluding hydrogens is 406 g/mol. The number of methoxy groups -OCH3 is 1. The monoisotopic (exact) mass is 431 g/mol. The van der Waals surface area contributed by atoms with Gasteiger partial charge in [0, 0.05) is 19.1 Å². The van der Waals surface area contributed by atoms with Gasteiger partial charge in [0.1, 0.15) is 24.4 Å². The van der Waals surface area contributed by atoms with E-state index in [0.29, 0.717) is 12.0 Å². The van der Waals surface area contributed by atoms with Gasteiger partial charge in [0.2, 0.25) is 5.79 Å². The molecule has 0 radical (unpaired) electrons. The van der Waals surface area contributed by atoms with Crippen LogP contribution in [-0.2, 0) is 21.7 Å². The van der Waals surface area contributed by atoms with Crippen LogP contribution >= 0.6 is 11.3 Å². The zero-order valence-corrected chi connectivity index (χ0v) is 17.5. The van der Waals surface area contributed by atoms with Crippen LogP contribution in [0.2, 0.25) is 0 Å². The third kappa shape index (κ3) is 3.54. The van der Waals surface area contributed by atoms with Gasteiger partial charge in [-0.3, -0.25) is 0 Å². The first-order valence-corrected chi connectivity index (χ1v) is 10.5. The molecule has 0 spiro atoms. The molecule has 8 heteroatoms. The van der Waals surface area contributed by atoms with Gasteiger partial charge in [-0.1, -0.05) is 24.3 Å². The molecule has 4 rings (SSSR count). The molecule has 1 aromatic heterocycles. The van der Waals surface area contributed by atoms with E-state index in [1.54, 1.807) is 17.4 Å². The largest absolute Gasteiger partial charge is 0.394 e. The highest BCUT2D eigenvalue weighted by molar-refractivity contribution is 7.18. The van der Waals surface area contributed by atoms with E-state index in [0.717, 1.165) is 26.4 Å². The lowest BCUT2D eigenvalue weighted by Crippen LogP contribution is -2.64. The third-order valence-electron chi connectivity index (χ3n) is 5.68. The number of para-hydroxylation sites is 1. The van der Waals surface area contributed by atoms with Crippen molar-refractivity contribution in [2.24, 2.45) is 0 Å². The quantitative estimate of drug-likeness (QED) is 0.484. The molecular formula is C22H25NO6S. The first kappa shape index (κ1) is 21.3. The van der Waals surface area contributed by atoms with Crippen molar-refractivity contribution in [2.45, 2.75) is 43.5 Å². The second-order valence-corrected chi connectivity index (χ2v) is 8.65. The molecule has 2 aromatic carbocycles. The average Bonchev–Trinajstić information content (AvgIpc) is 3.17. The van der Waals surface area contributed by atoms with Crippen molar-refractivity contribution >= 4 is 21.6 Å². The van der Waals surface area contributed by atoms with Crippen molar-refractivity contribution in [3.05, 3.63) is 64.2 Å². The summed E-state index contributed by atoms with van der Waals surface area (Å²) < 4.78 is 12.5. The van der Waals surface area contributed by atoms with Crippen LogP contribution in [0.15, 0.2) is 42.5 Å². The van der Waals surface area contributed by atoms with Crippen molar-refractivity contribution in [1.82, 2.24) is 4.98 Å². The molecule has 1 aliphatic rings. The summed E-state index contributed by atoms with van der Waals surface area (Å²) in [5.41, 5.74) is 3.45. The van der Waals surface area contributed by atoms with Gasteiger partial charge in [0.05, 0.1) is 21.8 Å². The Morgan fingerprint density at radius 2 is 1.90 bits per heavy atom. The van der Waals surface area contributed by atoms with Crippen molar-refractivity contribution < 1.29 is 29.9 Å². The van der Waals surface area contributed by atoms with Crippen molar-refractivity contribution in [2.75, 3.05) is 13.7 Å². The van der Waals surface area contributed by atoms with Gasteiger partial charge in [0.15, 0.2) is 0 Å². The van der Waals surface area contributed by atoms with E-state index in [1.165, 1.54) is 7.11 Å². The highest BCUT2D eigenvalue weighted by Crippen LogP contribution is 2.40. The van der Waals surface area contributed by atoms with Gasteiger partial charge in [-0.25, -0.2) is 4.98 Å². The number of hydrogen-bond donors (Lipinski definition) is 4. The predicted molar refractivity (Wildman–Crippen MR) is 112 cm³/mol. The Balaban J connectivity index is 1.72. The number of aromatic nitrogens is 1. The molecule has 0 bridgehead atoms. The lowest BCUT2D eigenvalue weighted by atomic mass is 9.86. The lowest BCUT2D eigenvalue weighted by molar-refractivity contribution is -0.366. The molecule has 1 unspecified atom stereocenters. The van der Waals surface area contributed by atoms with Crippen LogP contribution in [0.5, 0.6) is 0 Å². The summed E-state index contributed by atoms with van der Waals surface area (Å²) in [5, 5.41) is 41.7. The summed E-state index contributed by atoms with van der Waals surface area (Å²) in [6.07, 6.45) is -5.02. The number of rotatable bonds is 5. The zero-order valence-electron chi connectivity index (χ0n) is 16.7. The molecule has 160 valence electrons. The maximum Gasteiger partial charge on any atom is 0.224 e. The minimum absolute atomic E-state index is 0.489.